The van der Waals surface area contributed by atoms with E-state index in [2.05, 4.69) is 15.3 Å². The van der Waals surface area contributed by atoms with E-state index in [-0.39, 0.29) is 5.91 Å². The van der Waals surface area contributed by atoms with E-state index in [1.54, 1.807) is 35.9 Å². The zero-order chi connectivity index (χ0) is 15.4. The second-order valence-electron chi connectivity index (χ2n) is 4.82. The van der Waals surface area contributed by atoms with Crippen molar-refractivity contribution in [2.24, 2.45) is 0 Å². The second-order valence-corrected chi connectivity index (χ2v) is 5.90. The van der Waals surface area contributed by atoms with Gasteiger partial charge in [-0.1, -0.05) is 18.2 Å². The van der Waals surface area contributed by atoms with Crippen LogP contribution < -0.4 is 5.32 Å². The molecule has 0 aliphatic rings. The van der Waals surface area contributed by atoms with E-state index >= 15 is 0 Å². The van der Waals surface area contributed by atoms with Crippen molar-refractivity contribution in [2.45, 2.75) is 13.5 Å². The fourth-order valence-corrected chi connectivity index (χ4v) is 3.05. The van der Waals surface area contributed by atoms with Crippen molar-refractivity contribution in [2.75, 3.05) is 0 Å². The topological polar surface area (TPSA) is 54.9 Å². The number of hydrogen-bond acceptors (Lipinski definition) is 4. The monoisotopic (exact) mass is 309 g/mol. The normalized spacial score (nSPS) is 10.4. The van der Waals surface area contributed by atoms with Crippen LogP contribution in [0.5, 0.6) is 0 Å². The van der Waals surface area contributed by atoms with Crippen LogP contribution in [0.15, 0.2) is 54.9 Å². The average molecular weight is 309 g/mol. The summed E-state index contributed by atoms with van der Waals surface area (Å²) < 4.78 is 0. The van der Waals surface area contributed by atoms with Crippen LogP contribution in [0.25, 0.3) is 10.6 Å². The molecular formula is C17H15N3OS. The van der Waals surface area contributed by atoms with Crippen LogP contribution in [0.1, 0.15) is 20.9 Å². The van der Waals surface area contributed by atoms with E-state index in [0.29, 0.717) is 12.1 Å². The number of aryl methyl sites for hydroxylation is 1. The van der Waals surface area contributed by atoms with Crippen LogP contribution in [-0.2, 0) is 6.54 Å². The molecule has 2 heterocycles. The summed E-state index contributed by atoms with van der Waals surface area (Å²) in [7, 11) is 0. The standard InChI is InChI=1S/C17H15N3OS/c1-12-15(11-19-16(21)13-6-3-2-4-7-13)22-17(20-12)14-8-5-9-18-10-14/h2-10H,11H2,1H3,(H,19,21). The molecule has 0 spiro atoms. The molecule has 0 aliphatic carbocycles. The van der Waals surface area contributed by atoms with Crippen LogP contribution in [0.4, 0.5) is 0 Å². The maximum Gasteiger partial charge on any atom is 0.251 e. The Hall–Kier alpha value is -2.53. The Morgan fingerprint density at radius 3 is 2.73 bits per heavy atom. The van der Waals surface area contributed by atoms with Crippen LogP contribution >= 0.6 is 11.3 Å². The molecular weight excluding hydrogens is 294 g/mol. The highest BCUT2D eigenvalue weighted by Gasteiger charge is 2.11. The second kappa shape index (κ2) is 6.49. The lowest BCUT2D eigenvalue weighted by Crippen LogP contribution is -2.22. The molecule has 3 aromatic rings. The van der Waals surface area contributed by atoms with Gasteiger partial charge in [-0.2, -0.15) is 0 Å². The number of hydrogen-bond donors (Lipinski definition) is 1. The zero-order valence-corrected chi connectivity index (χ0v) is 12.9. The minimum atomic E-state index is -0.0728. The van der Waals surface area contributed by atoms with Crippen molar-refractivity contribution in [1.82, 2.24) is 15.3 Å². The number of rotatable bonds is 4. The third-order valence-corrected chi connectivity index (χ3v) is 4.45. The quantitative estimate of drug-likeness (QED) is 0.803. The minimum absolute atomic E-state index is 0.0728. The molecule has 0 aliphatic heterocycles. The van der Waals surface area contributed by atoms with E-state index in [1.165, 1.54) is 0 Å². The molecule has 3 rings (SSSR count). The molecule has 110 valence electrons. The Bertz CT molecular complexity index is 769. The van der Waals surface area contributed by atoms with Crippen molar-refractivity contribution in [1.29, 1.82) is 0 Å². The van der Waals surface area contributed by atoms with Gasteiger partial charge in [0.2, 0.25) is 0 Å². The van der Waals surface area contributed by atoms with Gasteiger partial charge in [0.25, 0.3) is 5.91 Å². The molecule has 0 saturated carbocycles. The van der Waals surface area contributed by atoms with Gasteiger partial charge in [-0.05, 0) is 31.2 Å². The SMILES string of the molecule is Cc1nc(-c2cccnc2)sc1CNC(=O)c1ccccc1. The number of nitrogens with zero attached hydrogens (tertiary/aromatic N) is 2. The van der Waals surface area contributed by atoms with Gasteiger partial charge in [-0.3, -0.25) is 9.78 Å². The van der Waals surface area contributed by atoms with Gasteiger partial charge >= 0.3 is 0 Å². The van der Waals surface area contributed by atoms with Gasteiger partial charge in [0.05, 0.1) is 12.2 Å². The van der Waals surface area contributed by atoms with E-state index in [9.17, 15) is 4.79 Å². The third-order valence-electron chi connectivity index (χ3n) is 3.25. The van der Waals surface area contributed by atoms with Gasteiger partial charge in [0.1, 0.15) is 5.01 Å². The molecule has 2 aromatic heterocycles. The summed E-state index contributed by atoms with van der Waals surface area (Å²) in [6.07, 6.45) is 3.54. The van der Waals surface area contributed by atoms with Gasteiger partial charge in [-0.25, -0.2) is 4.98 Å². The molecule has 0 saturated heterocycles. The van der Waals surface area contributed by atoms with E-state index < -0.39 is 0 Å². The summed E-state index contributed by atoms with van der Waals surface area (Å²) >= 11 is 1.58. The highest BCUT2D eigenvalue weighted by Crippen LogP contribution is 2.27. The van der Waals surface area contributed by atoms with E-state index in [1.807, 2.05) is 37.3 Å². The summed E-state index contributed by atoms with van der Waals surface area (Å²) in [6.45, 7) is 2.44. The Morgan fingerprint density at radius 2 is 2.00 bits per heavy atom. The Balaban J connectivity index is 1.71. The predicted octanol–water partition coefficient (Wildman–Crippen LogP) is 3.44. The molecule has 0 bridgehead atoms. The van der Waals surface area contributed by atoms with E-state index in [4.69, 9.17) is 0 Å². The Labute approximate surface area is 132 Å². The van der Waals surface area contributed by atoms with Crippen LogP contribution in [0, 0.1) is 6.92 Å². The highest BCUT2D eigenvalue weighted by molar-refractivity contribution is 7.15. The minimum Gasteiger partial charge on any atom is -0.347 e. The first kappa shape index (κ1) is 14.4. The zero-order valence-electron chi connectivity index (χ0n) is 12.1. The average Bonchev–Trinajstić information content (AvgIpc) is 2.95. The number of carbonyl (C=O) groups excluding carboxylic acids is 1. The van der Waals surface area contributed by atoms with Crippen molar-refractivity contribution in [3.63, 3.8) is 0 Å². The maximum atomic E-state index is 12.1. The maximum absolute atomic E-state index is 12.1. The molecule has 0 unspecified atom stereocenters. The number of amides is 1. The van der Waals surface area contributed by atoms with Gasteiger partial charge in [0, 0.05) is 28.4 Å². The molecule has 22 heavy (non-hydrogen) atoms. The first-order valence-electron chi connectivity index (χ1n) is 6.94. The van der Waals surface area contributed by atoms with Crippen LogP contribution in [-0.4, -0.2) is 15.9 Å². The number of aromatic nitrogens is 2. The van der Waals surface area contributed by atoms with Crippen LogP contribution in [0.2, 0.25) is 0 Å². The van der Waals surface area contributed by atoms with Gasteiger partial charge < -0.3 is 5.32 Å². The summed E-state index contributed by atoms with van der Waals surface area (Å²) in [5.41, 5.74) is 2.60. The lowest BCUT2D eigenvalue weighted by molar-refractivity contribution is 0.0951. The summed E-state index contributed by atoms with van der Waals surface area (Å²) in [6, 6.07) is 13.1. The van der Waals surface area contributed by atoms with Crippen molar-refractivity contribution < 1.29 is 4.79 Å². The number of carbonyl (C=O) groups is 1. The molecule has 4 nitrogen and oxygen atoms in total. The van der Waals surface area contributed by atoms with Crippen molar-refractivity contribution in [3.8, 4) is 10.6 Å². The lowest BCUT2D eigenvalue weighted by atomic mass is 10.2. The Morgan fingerprint density at radius 1 is 1.18 bits per heavy atom. The Kier molecular flexibility index (Phi) is 4.25. The molecule has 1 amide bonds. The first-order valence-corrected chi connectivity index (χ1v) is 7.75. The van der Waals surface area contributed by atoms with Gasteiger partial charge in [-0.15, -0.1) is 11.3 Å². The summed E-state index contributed by atoms with van der Waals surface area (Å²) in [5.74, 6) is -0.0728. The third kappa shape index (κ3) is 3.20. The fraction of sp³-hybridized carbons (Fsp3) is 0.118. The highest BCUT2D eigenvalue weighted by atomic mass is 32.1. The molecule has 0 radical (unpaired) electrons. The molecule has 0 fully saturated rings. The number of benzene rings is 1. The number of thiazole rings is 1. The smallest absolute Gasteiger partial charge is 0.251 e. The molecule has 1 aromatic carbocycles. The number of nitrogens with one attached hydrogen (secondary N) is 1. The first-order chi connectivity index (χ1) is 10.7. The van der Waals surface area contributed by atoms with E-state index in [0.717, 1.165) is 21.1 Å². The number of pyridine rings is 1. The van der Waals surface area contributed by atoms with Crippen LogP contribution in [0.3, 0.4) is 0 Å². The van der Waals surface area contributed by atoms with Gasteiger partial charge in [0.15, 0.2) is 0 Å². The fourth-order valence-electron chi connectivity index (χ4n) is 2.06. The lowest BCUT2D eigenvalue weighted by Gasteiger charge is -2.03. The predicted molar refractivity (Wildman–Crippen MR) is 87.7 cm³/mol. The molecule has 5 heteroatoms. The van der Waals surface area contributed by atoms with Crippen molar-refractivity contribution in [3.05, 3.63) is 71.0 Å². The summed E-state index contributed by atoms with van der Waals surface area (Å²) in [5, 5.41) is 3.86. The molecule has 0 atom stereocenters. The summed E-state index contributed by atoms with van der Waals surface area (Å²) in [4.78, 5) is 21.8. The van der Waals surface area contributed by atoms with Crippen molar-refractivity contribution >= 4 is 17.2 Å². The largest absolute Gasteiger partial charge is 0.347 e. The molecule has 1 N–H and O–H groups in total.